The number of likely N-dealkylation sites (N-methyl/N-ethyl adjacent to an activating group) is 1. The molecule has 1 aliphatic heterocycles. The molecule has 8 heteroatoms. The number of pyridine rings is 1. The summed E-state index contributed by atoms with van der Waals surface area (Å²) in [7, 11) is -2.10. The van der Waals surface area contributed by atoms with Crippen LogP contribution in [0.5, 0.6) is 0 Å². The molecule has 1 amide bonds. The largest absolute Gasteiger partial charge is 0.383 e. The van der Waals surface area contributed by atoms with Crippen molar-refractivity contribution in [1.29, 1.82) is 0 Å². The molecule has 0 saturated carbocycles. The van der Waals surface area contributed by atoms with E-state index in [0.29, 0.717) is 31.7 Å². The minimum absolute atomic E-state index is 0.0239. The fourth-order valence-corrected chi connectivity index (χ4v) is 3.71. The van der Waals surface area contributed by atoms with Gasteiger partial charge in [-0.25, -0.2) is 13.4 Å². The molecule has 116 valence electrons. The molecule has 0 bridgehead atoms. The molecule has 21 heavy (non-hydrogen) atoms. The normalized spacial score (nSPS) is 17.6. The maximum absolute atomic E-state index is 12.7. The molecule has 0 aliphatic carbocycles. The third kappa shape index (κ3) is 3.33. The second-order valence-electron chi connectivity index (χ2n) is 4.89. The first-order valence-corrected chi connectivity index (χ1v) is 8.34. The summed E-state index contributed by atoms with van der Waals surface area (Å²) in [6, 6.07) is 3.35. The molecule has 7 nitrogen and oxygen atoms in total. The minimum atomic E-state index is -3.78. The topological polar surface area (TPSA) is 82.6 Å². The Bertz CT molecular complexity index is 618. The molecule has 2 heterocycles. The van der Waals surface area contributed by atoms with Gasteiger partial charge in [0.25, 0.3) is 10.0 Å². The molecule has 1 saturated heterocycles. The SMILES string of the molecule is CCNc1cccnc1S(=O)(=O)N1CCCN(C)C(=O)C1. The Hall–Kier alpha value is -1.67. The van der Waals surface area contributed by atoms with E-state index < -0.39 is 10.0 Å². The maximum atomic E-state index is 12.7. The average Bonchev–Trinajstić information content (AvgIpc) is 2.62. The summed E-state index contributed by atoms with van der Waals surface area (Å²) in [6.07, 6.45) is 2.06. The molecule has 1 fully saturated rings. The standard InChI is InChI=1S/C13H20N4O3S/c1-3-14-11-6-4-7-15-13(11)21(19,20)17-9-5-8-16(2)12(18)10-17/h4,6-7,14H,3,5,8-10H2,1-2H3. The number of nitrogens with zero attached hydrogens (tertiary/aromatic N) is 3. The lowest BCUT2D eigenvalue weighted by molar-refractivity contribution is -0.129. The van der Waals surface area contributed by atoms with E-state index in [2.05, 4.69) is 10.3 Å². The van der Waals surface area contributed by atoms with Crippen molar-refractivity contribution >= 4 is 21.6 Å². The zero-order chi connectivity index (χ0) is 15.5. The summed E-state index contributed by atoms with van der Waals surface area (Å²) < 4.78 is 26.7. The second-order valence-corrected chi connectivity index (χ2v) is 6.75. The van der Waals surface area contributed by atoms with Crippen molar-refractivity contribution in [2.75, 3.05) is 38.5 Å². The van der Waals surface area contributed by atoms with Gasteiger partial charge >= 0.3 is 0 Å². The van der Waals surface area contributed by atoms with Crippen LogP contribution in [0.2, 0.25) is 0 Å². The second kappa shape index (κ2) is 6.40. The molecule has 0 unspecified atom stereocenters. The Kier molecular flexibility index (Phi) is 4.79. The molecule has 1 aliphatic rings. The van der Waals surface area contributed by atoms with E-state index in [-0.39, 0.29) is 17.5 Å². The van der Waals surface area contributed by atoms with E-state index in [4.69, 9.17) is 0 Å². The van der Waals surface area contributed by atoms with Gasteiger partial charge in [0.1, 0.15) is 0 Å². The summed E-state index contributed by atoms with van der Waals surface area (Å²) >= 11 is 0. The molecule has 1 aromatic rings. The number of rotatable bonds is 4. The van der Waals surface area contributed by atoms with Crippen molar-refractivity contribution in [1.82, 2.24) is 14.2 Å². The van der Waals surface area contributed by atoms with E-state index >= 15 is 0 Å². The molecule has 0 aromatic carbocycles. The van der Waals surface area contributed by atoms with Crippen molar-refractivity contribution in [3.63, 3.8) is 0 Å². The Morgan fingerprint density at radius 3 is 2.86 bits per heavy atom. The Morgan fingerprint density at radius 1 is 1.38 bits per heavy atom. The number of carbonyl (C=O) groups is 1. The highest BCUT2D eigenvalue weighted by molar-refractivity contribution is 7.89. The highest BCUT2D eigenvalue weighted by Gasteiger charge is 2.32. The Labute approximate surface area is 125 Å². The van der Waals surface area contributed by atoms with E-state index in [0.717, 1.165) is 0 Å². The van der Waals surface area contributed by atoms with Crippen molar-refractivity contribution in [2.45, 2.75) is 18.4 Å². The van der Waals surface area contributed by atoms with Gasteiger partial charge in [0.05, 0.1) is 12.2 Å². The molecule has 1 aromatic heterocycles. The summed E-state index contributed by atoms with van der Waals surface area (Å²) in [6.45, 7) is 3.22. The molecular weight excluding hydrogens is 292 g/mol. The van der Waals surface area contributed by atoms with Crippen LogP contribution in [0.4, 0.5) is 5.69 Å². The van der Waals surface area contributed by atoms with Crippen LogP contribution in [0.1, 0.15) is 13.3 Å². The Morgan fingerprint density at radius 2 is 2.14 bits per heavy atom. The number of anilines is 1. The molecular formula is C13H20N4O3S. The van der Waals surface area contributed by atoms with Gasteiger partial charge in [-0.05, 0) is 25.5 Å². The highest BCUT2D eigenvalue weighted by Crippen LogP contribution is 2.23. The van der Waals surface area contributed by atoms with Crippen LogP contribution in [-0.4, -0.2) is 61.7 Å². The first-order valence-electron chi connectivity index (χ1n) is 6.90. The summed E-state index contributed by atoms with van der Waals surface area (Å²) in [5.74, 6) is -0.197. The molecule has 2 rings (SSSR count). The quantitative estimate of drug-likeness (QED) is 0.868. The maximum Gasteiger partial charge on any atom is 0.263 e. The van der Waals surface area contributed by atoms with Gasteiger partial charge in [-0.3, -0.25) is 4.79 Å². The number of nitrogens with one attached hydrogen (secondary N) is 1. The number of hydrogen-bond donors (Lipinski definition) is 1. The van der Waals surface area contributed by atoms with E-state index in [1.165, 1.54) is 10.5 Å². The third-order valence-corrected chi connectivity index (χ3v) is 5.17. The van der Waals surface area contributed by atoms with Crippen molar-refractivity contribution in [3.05, 3.63) is 18.3 Å². The average molecular weight is 312 g/mol. The van der Waals surface area contributed by atoms with Crippen LogP contribution < -0.4 is 5.32 Å². The predicted octanol–water partition coefficient (Wildman–Crippen LogP) is 0.366. The molecule has 0 atom stereocenters. The number of hydrogen-bond acceptors (Lipinski definition) is 5. The monoisotopic (exact) mass is 312 g/mol. The van der Waals surface area contributed by atoms with Gasteiger partial charge in [-0.1, -0.05) is 0 Å². The fourth-order valence-electron chi connectivity index (χ4n) is 2.21. The summed E-state index contributed by atoms with van der Waals surface area (Å²) in [5, 5.41) is 2.97. The summed E-state index contributed by atoms with van der Waals surface area (Å²) in [5.41, 5.74) is 0.463. The number of carbonyl (C=O) groups excluding carboxylic acids is 1. The van der Waals surface area contributed by atoms with Crippen LogP contribution >= 0.6 is 0 Å². The van der Waals surface area contributed by atoms with E-state index in [1.807, 2.05) is 6.92 Å². The first-order chi connectivity index (χ1) is 9.96. The minimum Gasteiger partial charge on any atom is -0.383 e. The van der Waals surface area contributed by atoms with Gasteiger partial charge in [0.15, 0.2) is 5.03 Å². The van der Waals surface area contributed by atoms with E-state index in [9.17, 15) is 13.2 Å². The zero-order valence-electron chi connectivity index (χ0n) is 12.2. The van der Waals surface area contributed by atoms with Crippen LogP contribution in [0.15, 0.2) is 23.4 Å². The van der Waals surface area contributed by atoms with Crippen LogP contribution in [0.25, 0.3) is 0 Å². The van der Waals surface area contributed by atoms with Crippen LogP contribution in [-0.2, 0) is 14.8 Å². The lowest BCUT2D eigenvalue weighted by Crippen LogP contribution is -2.38. The Balaban J connectivity index is 2.35. The lowest BCUT2D eigenvalue weighted by Gasteiger charge is -2.20. The molecule has 1 N–H and O–H groups in total. The highest BCUT2D eigenvalue weighted by atomic mass is 32.2. The smallest absolute Gasteiger partial charge is 0.263 e. The van der Waals surface area contributed by atoms with E-state index in [1.54, 1.807) is 24.1 Å². The van der Waals surface area contributed by atoms with Gasteiger partial charge in [-0.2, -0.15) is 4.31 Å². The fraction of sp³-hybridized carbons (Fsp3) is 0.538. The molecule has 0 spiro atoms. The molecule has 0 radical (unpaired) electrons. The number of aromatic nitrogens is 1. The van der Waals surface area contributed by atoms with Gasteiger partial charge in [0, 0.05) is 32.9 Å². The number of sulfonamides is 1. The van der Waals surface area contributed by atoms with Gasteiger partial charge in [-0.15, -0.1) is 0 Å². The lowest BCUT2D eigenvalue weighted by atomic mass is 10.4. The van der Waals surface area contributed by atoms with Gasteiger partial charge in [0.2, 0.25) is 5.91 Å². The van der Waals surface area contributed by atoms with Crippen molar-refractivity contribution in [3.8, 4) is 0 Å². The van der Waals surface area contributed by atoms with Gasteiger partial charge < -0.3 is 10.2 Å². The first kappa shape index (κ1) is 15.7. The number of amides is 1. The van der Waals surface area contributed by atoms with Crippen molar-refractivity contribution in [2.24, 2.45) is 0 Å². The van der Waals surface area contributed by atoms with Crippen LogP contribution in [0.3, 0.4) is 0 Å². The zero-order valence-corrected chi connectivity index (χ0v) is 13.1. The summed E-state index contributed by atoms with van der Waals surface area (Å²) in [4.78, 5) is 17.5. The van der Waals surface area contributed by atoms with Crippen molar-refractivity contribution < 1.29 is 13.2 Å². The predicted molar refractivity (Wildman–Crippen MR) is 79.4 cm³/mol. The third-order valence-electron chi connectivity index (χ3n) is 3.36. The van der Waals surface area contributed by atoms with Crippen LogP contribution in [0, 0.1) is 0 Å².